The van der Waals surface area contributed by atoms with Gasteiger partial charge in [0, 0.05) is 28.2 Å². The summed E-state index contributed by atoms with van der Waals surface area (Å²) in [6.45, 7) is 0.261. The molecule has 1 N–H and O–H groups in total. The molecular weight excluding hydrogens is 336 g/mol. The molecule has 0 aliphatic carbocycles. The van der Waals surface area contributed by atoms with Crippen LogP contribution in [0.2, 0.25) is 0 Å². The monoisotopic (exact) mass is 352 g/mol. The van der Waals surface area contributed by atoms with E-state index in [0.717, 1.165) is 27.2 Å². The van der Waals surface area contributed by atoms with Gasteiger partial charge in [0.15, 0.2) is 0 Å². The summed E-state index contributed by atoms with van der Waals surface area (Å²) in [6.07, 6.45) is 3.47. The van der Waals surface area contributed by atoms with E-state index in [1.807, 2.05) is 71.4 Å². The van der Waals surface area contributed by atoms with Crippen molar-refractivity contribution in [1.29, 1.82) is 5.26 Å². The number of nitriles is 1. The normalized spacial score (nSPS) is 11.1. The van der Waals surface area contributed by atoms with Gasteiger partial charge in [-0.15, -0.1) is 0 Å². The van der Waals surface area contributed by atoms with Crippen molar-refractivity contribution >= 4 is 33.8 Å². The van der Waals surface area contributed by atoms with E-state index < -0.39 is 0 Å². The van der Waals surface area contributed by atoms with Gasteiger partial charge in [0.2, 0.25) is 0 Å². The minimum absolute atomic E-state index is 0.260. The number of para-hydroxylation sites is 1. The van der Waals surface area contributed by atoms with Crippen molar-refractivity contribution < 1.29 is 4.79 Å². The molecule has 0 aliphatic heterocycles. The first kappa shape index (κ1) is 16.6. The fourth-order valence-corrected chi connectivity index (χ4v) is 3.23. The van der Waals surface area contributed by atoms with Crippen LogP contribution < -0.4 is 5.43 Å². The number of carbonyl (C=O) groups excluding carboxylic acids is 1. The standard InChI is InChI=1S/C22H16N4O/c23-12-13-26-15-17(19-9-3-4-11-21(19)26)14-24-25-22(27)20-10-5-7-16-6-1-2-8-18(16)20/h1-11,14-15H,13H2,(H,25,27). The van der Waals surface area contributed by atoms with Gasteiger partial charge in [-0.3, -0.25) is 4.79 Å². The predicted octanol–water partition coefficient (Wildman–Crippen LogP) is 4.08. The molecule has 27 heavy (non-hydrogen) atoms. The fourth-order valence-electron chi connectivity index (χ4n) is 3.23. The van der Waals surface area contributed by atoms with Gasteiger partial charge in [-0.2, -0.15) is 10.4 Å². The van der Waals surface area contributed by atoms with Gasteiger partial charge < -0.3 is 4.57 Å². The predicted molar refractivity (Wildman–Crippen MR) is 107 cm³/mol. The summed E-state index contributed by atoms with van der Waals surface area (Å²) in [5.74, 6) is -0.260. The first-order valence-electron chi connectivity index (χ1n) is 8.54. The second kappa shape index (κ2) is 7.14. The number of carbonyl (C=O) groups is 1. The molecule has 0 unspecified atom stereocenters. The molecule has 0 atom stereocenters. The fraction of sp³-hybridized carbons (Fsp3) is 0.0455. The van der Waals surface area contributed by atoms with E-state index in [-0.39, 0.29) is 12.5 Å². The van der Waals surface area contributed by atoms with Crippen molar-refractivity contribution in [2.75, 3.05) is 0 Å². The SMILES string of the molecule is N#CCn1cc(C=NNC(=O)c2cccc3ccccc23)c2ccccc21. The zero-order valence-corrected chi connectivity index (χ0v) is 14.5. The topological polar surface area (TPSA) is 70.2 Å². The van der Waals surface area contributed by atoms with Crippen molar-refractivity contribution in [1.82, 2.24) is 9.99 Å². The molecule has 0 fully saturated rings. The molecule has 3 aromatic carbocycles. The zero-order valence-electron chi connectivity index (χ0n) is 14.5. The molecule has 5 heteroatoms. The highest BCUT2D eigenvalue weighted by Gasteiger charge is 2.09. The molecule has 0 spiro atoms. The third kappa shape index (κ3) is 3.16. The number of benzene rings is 3. The van der Waals surface area contributed by atoms with E-state index in [1.165, 1.54) is 0 Å². The van der Waals surface area contributed by atoms with Crippen LogP contribution in [0.25, 0.3) is 21.7 Å². The first-order chi connectivity index (χ1) is 13.3. The lowest BCUT2D eigenvalue weighted by atomic mass is 10.0. The van der Waals surface area contributed by atoms with Crippen LogP contribution in [0.5, 0.6) is 0 Å². The Morgan fingerprint density at radius 1 is 1.04 bits per heavy atom. The average molecular weight is 352 g/mol. The molecule has 0 bridgehead atoms. The zero-order chi connectivity index (χ0) is 18.6. The molecule has 0 radical (unpaired) electrons. The molecule has 0 saturated heterocycles. The number of hydrogen-bond donors (Lipinski definition) is 1. The van der Waals surface area contributed by atoms with E-state index in [1.54, 1.807) is 12.3 Å². The van der Waals surface area contributed by atoms with Gasteiger partial charge >= 0.3 is 0 Å². The number of amides is 1. The van der Waals surface area contributed by atoms with E-state index in [2.05, 4.69) is 16.6 Å². The van der Waals surface area contributed by atoms with Gasteiger partial charge in [0.1, 0.15) is 6.54 Å². The Hall–Kier alpha value is -3.91. The molecule has 0 saturated carbocycles. The number of nitrogens with zero attached hydrogens (tertiary/aromatic N) is 3. The lowest BCUT2D eigenvalue weighted by Gasteiger charge is -2.04. The van der Waals surface area contributed by atoms with Gasteiger partial charge in [-0.1, -0.05) is 54.6 Å². The van der Waals surface area contributed by atoms with Crippen LogP contribution in [-0.4, -0.2) is 16.7 Å². The van der Waals surface area contributed by atoms with Crippen LogP contribution in [0.1, 0.15) is 15.9 Å². The Bertz CT molecular complexity index is 1210. The van der Waals surface area contributed by atoms with E-state index in [4.69, 9.17) is 5.26 Å². The Balaban J connectivity index is 1.60. The van der Waals surface area contributed by atoms with Crippen LogP contribution >= 0.6 is 0 Å². The second-order valence-electron chi connectivity index (χ2n) is 6.11. The van der Waals surface area contributed by atoms with Crippen molar-refractivity contribution in [2.24, 2.45) is 5.10 Å². The summed E-state index contributed by atoms with van der Waals surface area (Å²) in [6, 6.07) is 23.3. The van der Waals surface area contributed by atoms with Crippen molar-refractivity contribution in [3.63, 3.8) is 0 Å². The Morgan fingerprint density at radius 2 is 1.78 bits per heavy atom. The lowest BCUT2D eigenvalue weighted by Crippen LogP contribution is -2.17. The minimum atomic E-state index is -0.260. The minimum Gasteiger partial charge on any atom is -0.333 e. The molecule has 130 valence electrons. The highest BCUT2D eigenvalue weighted by atomic mass is 16.2. The second-order valence-corrected chi connectivity index (χ2v) is 6.11. The lowest BCUT2D eigenvalue weighted by molar-refractivity contribution is 0.0957. The summed E-state index contributed by atoms with van der Waals surface area (Å²) >= 11 is 0. The van der Waals surface area contributed by atoms with E-state index in [9.17, 15) is 4.79 Å². The van der Waals surface area contributed by atoms with Crippen molar-refractivity contribution in [2.45, 2.75) is 6.54 Å². The summed E-state index contributed by atoms with van der Waals surface area (Å²) in [7, 11) is 0. The van der Waals surface area contributed by atoms with Crippen molar-refractivity contribution in [3.05, 3.63) is 84.1 Å². The van der Waals surface area contributed by atoms with Gasteiger partial charge in [0.25, 0.3) is 5.91 Å². The van der Waals surface area contributed by atoms with Crippen molar-refractivity contribution in [3.8, 4) is 6.07 Å². The molecule has 1 amide bonds. The van der Waals surface area contributed by atoms with Gasteiger partial charge in [0.05, 0.1) is 12.3 Å². The smallest absolute Gasteiger partial charge is 0.271 e. The molecule has 0 aliphatic rings. The number of nitrogens with one attached hydrogen (secondary N) is 1. The number of hydrogen-bond acceptors (Lipinski definition) is 3. The maximum atomic E-state index is 12.5. The van der Waals surface area contributed by atoms with Gasteiger partial charge in [-0.25, -0.2) is 5.43 Å². The van der Waals surface area contributed by atoms with Crippen LogP contribution in [0.4, 0.5) is 0 Å². The molecule has 5 nitrogen and oxygen atoms in total. The summed E-state index contributed by atoms with van der Waals surface area (Å²) in [4.78, 5) is 12.5. The van der Waals surface area contributed by atoms with Crippen LogP contribution in [0.3, 0.4) is 0 Å². The molecule has 4 aromatic rings. The number of rotatable bonds is 4. The quantitative estimate of drug-likeness (QED) is 0.444. The highest BCUT2D eigenvalue weighted by Crippen LogP contribution is 2.20. The maximum absolute atomic E-state index is 12.5. The Morgan fingerprint density at radius 3 is 2.63 bits per heavy atom. The van der Waals surface area contributed by atoms with E-state index >= 15 is 0 Å². The summed E-state index contributed by atoms with van der Waals surface area (Å²) in [5.41, 5.74) is 4.99. The number of hydrazone groups is 1. The Labute approximate surface area is 156 Å². The van der Waals surface area contributed by atoms with Crippen LogP contribution in [-0.2, 0) is 6.54 Å². The van der Waals surface area contributed by atoms with Gasteiger partial charge in [-0.05, 0) is 22.9 Å². The third-order valence-electron chi connectivity index (χ3n) is 4.46. The molecule has 1 aromatic heterocycles. The number of aromatic nitrogens is 1. The van der Waals surface area contributed by atoms with Crippen LogP contribution in [0, 0.1) is 11.3 Å². The van der Waals surface area contributed by atoms with Crippen LogP contribution in [0.15, 0.2) is 78.0 Å². The first-order valence-corrected chi connectivity index (χ1v) is 8.54. The highest BCUT2D eigenvalue weighted by molar-refractivity contribution is 6.07. The summed E-state index contributed by atoms with van der Waals surface area (Å²) < 4.78 is 1.86. The van der Waals surface area contributed by atoms with E-state index in [0.29, 0.717) is 5.56 Å². The summed E-state index contributed by atoms with van der Waals surface area (Å²) in [5, 5.41) is 16.0. The maximum Gasteiger partial charge on any atom is 0.271 e. The Kier molecular flexibility index (Phi) is 4.38. The molecular formula is C22H16N4O. The number of fused-ring (bicyclic) bond motifs is 2. The molecule has 4 rings (SSSR count). The average Bonchev–Trinajstić information content (AvgIpc) is 3.05. The third-order valence-corrected chi connectivity index (χ3v) is 4.46. The largest absolute Gasteiger partial charge is 0.333 e. The molecule has 1 heterocycles.